The fraction of sp³-hybridized carbons (Fsp3) is 0.682. The van der Waals surface area contributed by atoms with E-state index >= 15 is 0 Å². The van der Waals surface area contributed by atoms with Gasteiger partial charge in [0.05, 0.1) is 11.8 Å². The van der Waals surface area contributed by atoms with E-state index in [-0.39, 0.29) is 35.3 Å². The largest absolute Gasteiger partial charge is 0.426 e. The van der Waals surface area contributed by atoms with Crippen LogP contribution in [0.5, 0.6) is 11.5 Å². The molecule has 4 nitrogen and oxygen atoms in total. The number of benzene rings is 2. The second-order valence-corrected chi connectivity index (χ2v) is 16.4. The van der Waals surface area contributed by atoms with E-state index in [0.29, 0.717) is 0 Å². The van der Waals surface area contributed by atoms with Crippen molar-refractivity contribution in [1.82, 2.24) is 0 Å². The van der Waals surface area contributed by atoms with Gasteiger partial charge in [0.1, 0.15) is 11.5 Å². The van der Waals surface area contributed by atoms with E-state index in [1.807, 2.05) is 0 Å². The van der Waals surface area contributed by atoms with Crippen molar-refractivity contribution in [3.05, 3.63) is 59.7 Å². The van der Waals surface area contributed by atoms with Gasteiger partial charge in [-0.3, -0.25) is 9.59 Å². The molecule has 4 aliphatic rings. The highest BCUT2D eigenvalue weighted by molar-refractivity contribution is 5.75. The lowest BCUT2D eigenvalue weighted by atomic mass is 9.69. The maximum atomic E-state index is 13.2. The van der Waals surface area contributed by atoms with Gasteiger partial charge < -0.3 is 9.47 Å². The number of hydrogen-bond donors (Lipinski definition) is 0. The zero-order chi connectivity index (χ0) is 37.0. The molecule has 0 atom stereocenters. The van der Waals surface area contributed by atoms with Crippen molar-refractivity contribution in [3.63, 3.8) is 0 Å². The zero-order valence-electron chi connectivity index (χ0n) is 31.4. The number of halogens is 4. The molecule has 2 aromatic carbocycles. The maximum Gasteiger partial charge on any atom is 0.314 e. The molecule has 0 spiro atoms. The van der Waals surface area contributed by atoms with Crippen molar-refractivity contribution < 1.29 is 36.6 Å². The first-order valence-corrected chi connectivity index (χ1v) is 20.5. The minimum atomic E-state index is -0.988. The minimum Gasteiger partial charge on any atom is -0.426 e. The molecule has 8 heteroatoms. The Labute approximate surface area is 308 Å². The summed E-state index contributed by atoms with van der Waals surface area (Å²) in [5.41, 5.74) is 0. The molecule has 6 rings (SSSR count). The topological polar surface area (TPSA) is 52.6 Å². The van der Waals surface area contributed by atoms with Crippen molar-refractivity contribution >= 4 is 11.9 Å². The van der Waals surface area contributed by atoms with E-state index < -0.39 is 23.3 Å². The Morgan fingerprint density at radius 2 is 0.788 bits per heavy atom. The van der Waals surface area contributed by atoms with Crippen LogP contribution in [0.4, 0.5) is 17.6 Å². The number of ether oxygens (including phenoxy) is 2. The predicted octanol–water partition coefficient (Wildman–Crippen LogP) is 12.6. The SMILES string of the molecule is CCCC1CCC(C2CCC(C(=O)Oc3ccc(F)c(F)c3)CC2)CC1.CCCC1CCC(C2CCC(C(=O)Oc3ccc(F)c(F)c3)CC2)CC1. The summed E-state index contributed by atoms with van der Waals surface area (Å²) in [6.45, 7) is 4.54. The van der Waals surface area contributed by atoms with Crippen LogP contribution in [0.1, 0.15) is 142 Å². The molecule has 4 aliphatic carbocycles. The maximum absolute atomic E-state index is 13.2. The predicted molar refractivity (Wildman–Crippen MR) is 196 cm³/mol. The van der Waals surface area contributed by atoms with Crippen LogP contribution < -0.4 is 9.47 Å². The van der Waals surface area contributed by atoms with Crippen molar-refractivity contribution in [2.75, 3.05) is 0 Å². The molecule has 0 aliphatic heterocycles. The zero-order valence-corrected chi connectivity index (χ0v) is 31.4. The lowest BCUT2D eigenvalue weighted by Crippen LogP contribution is -2.30. The van der Waals surface area contributed by atoms with E-state index in [9.17, 15) is 27.2 Å². The first-order valence-electron chi connectivity index (χ1n) is 20.5. The van der Waals surface area contributed by atoms with Gasteiger partial charge in [-0.05, 0) is 137 Å². The molecule has 0 aromatic heterocycles. The van der Waals surface area contributed by atoms with Gasteiger partial charge in [-0.1, -0.05) is 65.2 Å². The third-order valence-corrected chi connectivity index (χ3v) is 12.9. The third-order valence-electron chi connectivity index (χ3n) is 12.9. The van der Waals surface area contributed by atoms with Crippen LogP contribution in [0.3, 0.4) is 0 Å². The quantitative estimate of drug-likeness (QED) is 0.139. The summed E-state index contributed by atoms with van der Waals surface area (Å²) in [5, 5.41) is 0. The molecule has 0 saturated heterocycles. The van der Waals surface area contributed by atoms with Crippen molar-refractivity contribution in [3.8, 4) is 11.5 Å². The molecule has 0 radical (unpaired) electrons. The highest BCUT2D eigenvalue weighted by Crippen LogP contribution is 2.44. The Morgan fingerprint density at radius 3 is 1.08 bits per heavy atom. The van der Waals surface area contributed by atoms with E-state index in [1.54, 1.807) is 0 Å². The van der Waals surface area contributed by atoms with Crippen LogP contribution in [0.15, 0.2) is 36.4 Å². The highest BCUT2D eigenvalue weighted by atomic mass is 19.2. The molecule has 288 valence electrons. The number of esters is 2. The summed E-state index contributed by atoms with van der Waals surface area (Å²) in [7, 11) is 0. The van der Waals surface area contributed by atoms with Gasteiger partial charge in [0, 0.05) is 12.1 Å². The number of carbonyl (C=O) groups excluding carboxylic acids is 2. The summed E-state index contributed by atoms with van der Waals surface area (Å²) < 4.78 is 62.9. The summed E-state index contributed by atoms with van der Waals surface area (Å²) in [4.78, 5) is 24.6. The van der Waals surface area contributed by atoms with Crippen LogP contribution in [0, 0.1) is 70.6 Å². The second-order valence-electron chi connectivity index (χ2n) is 16.4. The normalized spacial score (nSPS) is 29.3. The Balaban J connectivity index is 0.000000201. The first kappa shape index (κ1) is 40.3. The first-order chi connectivity index (χ1) is 25.1. The van der Waals surface area contributed by atoms with E-state index in [2.05, 4.69) is 13.8 Å². The third kappa shape index (κ3) is 11.5. The monoisotopic (exact) mass is 728 g/mol. The van der Waals surface area contributed by atoms with E-state index in [4.69, 9.17) is 9.47 Å². The molecular formula is C44H60F4O4. The van der Waals surface area contributed by atoms with Gasteiger partial charge >= 0.3 is 11.9 Å². The lowest BCUT2D eigenvalue weighted by Gasteiger charge is -2.37. The van der Waals surface area contributed by atoms with Crippen molar-refractivity contribution in [1.29, 1.82) is 0 Å². The Bertz CT molecular complexity index is 1310. The van der Waals surface area contributed by atoms with Gasteiger partial charge in [-0.15, -0.1) is 0 Å². The van der Waals surface area contributed by atoms with Gasteiger partial charge in [0.15, 0.2) is 23.3 Å². The molecular weight excluding hydrogens is 668 g/mol. The van der Waals surface area contributed by atoms with Crippen molar-refractivity contribution in [2.45, 2.75) is 142 Å². The molecule has 4 fully saturated rings. The van der Waals surface area contributed by atoms with Gasteiger partial charge in [0.2, 0.25) is 0 Å². The Morgan fingerprint density at radius 1 is 0.481 bits per heavy atom. The average molecular weight is 729 g/mol. The lowest BCUT2D eigenvalue weighted by molar-refractivity contribution is -0.141. The molecule has 2 aromatic rings. The van der Waals surface area contributed by atoms with Crippen LogP contribution in [0.2, 0.25) is 0 Å². The Kier molecular flexibility index (Phi) is 15.5. The van der Waals surface area contributed by atoms with Gasteiger partial charge in [0.25, 0.3) is 0 Å². The van der Waals surface area contributed by atoms with Gasteiger partial charge in [-0.25, -0.2) is 17.6 Å². The summed E-state index contributed by atoms with van der Waals surface area (Å²) in [5.74, 6) is 0.488. The number of carbonyl (C=O) groups is 2. The highest BCUT2D eigenvalue weighted by Gasteiger charge is 2.35. The molecule has 0 amide bonds. The fourth-order valence-corrected chi connectivity index (χ4v) is 9.85. The Hall–Kier alpha value is -2.90. The van der Waals surface area contributed by atoms with Crippen LogP contribution >= 0.6 is 0 Å². The van der Waals surface area contributed by atoms with Crippen molar-refractivity contribution in [2.24, 2.45) is 47.3 Å². The fourth-order valence-electron chi connectivity index (χ4n) is 9.85. The summed E-state index contributed by atoms with van der Waals surface area (Å²) in [6, 6.07) is 6.46. The second kappa shape index (κ2) is 20.0. The van der Waals surface area contributed by atoms with Crippen LogP contribution in [-0.2, 0) is 9.59 Å². The average Bonchev–Trinajstić information content (AvgIpc) is 3.16. The van der Waals surface area contributed by atoms with Gasteiger partial charge in [-0.2, -0.15) is 0 Å². The molecule has 4 saturated carbocycles. The molecule has 0 N–H and O–H groups in total. The van der Waals surface area contributed by atoms with E-state index in [0.717, 1.165) is 111 Å². The van der Waals surface area contributed by atoms with Crippen LogP contribution in [-0.4, -0.2) is 11.9 Å². The molecule has 52 heavy (non-hydrogen) atoms. The summed E-state index contributed by atoms with van der Waals surface area (Å²) in [6.07, 6.45) is 23.9. The summed E-state index contributed by atoms with van der Waals surface area (Å²) >= 11 is 0. The molecule has 0 heterocycles. The van der Waals surface area contributed by atoms with Crippen LogP contribution in [0.25, 0.3) is 0 Å². The molecule has 0 bridgehead atoms. The van der Waals surface area contributed by atoms with E-state index in [1.165, 1.54) is 89.2 Å². The number of hydrogen-bond acceptors (Lipinski definition) is 4. The standard InChI is InChI=1S/2C22H30F2O2/c2*1-2-3-15-4-6-16(7-5-15)17-8-10-18(11-9-17)22(25)26-19-12-13-20(23)21(24)14-19/h2*12-18H,2-11H2,1H3. The number of rotatable bonds is 10. The molecule has 0 unspecified atom stereocenters. The smallest absolute Gasteiger partial charge is 0.314 e. The minimum absolute atomic E-state index is 0.0882.